The van der Waals surface area contributed by atoms with E-state index in [1.54, 1.807) is 5.57 Å². The van der Waals surface area contributed by atoms with Crippen molar-refractivity contribution in [2.45, 2.75) is 64.8 Å². The van der Waals surface area contributed by atoms with Gasteiger partial charge in [-0.1, -0.05) is 18.6 Å². The Bertz CT molecular complexity index is 213. The van der Waals surface area contributed by atoms with Gasteiger partial charge in [-0.05, 0) is 58.4 Å². The van der Waals surface area contributed by atoms with E-state index in [0.717, 1.165) is 19.8 Å². The zero-order valence-corrected chi connectivity index (χ0v) is 11.6. The monoisotopic (exact) mass is 239 g/mol. The molecule has 1 unspecified atom stereocenters. The third kappa shape index (κ3) is 6.23. The highest BCUT2D eigenvalue weighted by Crippen LogP contribution is 2.22. The number of nitrogens with one attached hydrogen (secondary N) is 1. The maximum Gasteiger partial charge on any atom is 0.0466 e. The molecule has 2 heteroatoms. The minimum Gasteiger partial charge on any atom is -0.382 e. The molecule has 1 N–H and O–H groups in total. The van der Waals surface area contributed by atoms with Crippen LogP contribution < -0.4 is 5.32 Å². The first kappa shape index (κ1) is 14.7. The first-order valence-electron chi connectivity index (χ1n) is 7.38. The minimum absolute atomic E-state index is 0.607. The molecule has 0 spiro atoms. The summed E-state index contributed by atoms with van der Waals surface area (Å²) in [7, 11) is 0. The van der Waals surface area contributed by atoms with Gasteiger partial charge in [0.15, 0.2) is 0 Å². The molecule has 0 heterocycles. The van der Waals surface area contributed by atoms with Crippen molar-refractivity contribution in [2.75, 3.05) is 19.8 Å². The SMILES string of the molecule is CCCNC(CCCOCC)C1=CCCCC1. The van der Waals surface area contributed by atoms with Crippen molar-refractivity contribution in [1.82, 2.24) is 5.32 Å². The van der Waals surface area contributed by atoms with Crippen LogP contribution in [0.4, 0.5) is 0 Å². The fourth-order valence-electron chi connectivity index (χ4n) is 2.45. The van der Waals surface area contributed by atoms with E-state index >= 15 is 0 Å². The van der Waals surface area contributed by atoms with Gasteiger partial charge in [-0.15, -0.1) is 0 Å². The largest absolute Gasteiger partial charge is 0.382 e. The summed E-state index contributed by atoms with van der Waals surface area (Å²) in [5, 5.41) is 3.69. The molecular formula is C15H29NO. The third-order valence-electron chi connectivity index (χ3n) is 3.40. The van der Waals surface area contributed by atoms with Crippen molar-refractivity contribution in [3.63, 3.8) is 0 Å². The molecule has 17 heavy (non-hydrogen) atoms. The first-order valence-corrected chi connectivity index (χ1v) is 7.38. The fourth-order valence-corrected chi connectivity index (χ4v) is 2.45. The van der Waals surface area contributed by atoms with Crippen LogP contribution in [0.3, 0.4) is 0 Å². The lowest BCUT2D eigenvalue weighted by molar-refractivity contribution is 0.141. The predicted octanol–water partition coefficient (Wildman–Crippen LogP) is 3.67. The lowest BCUT2D eigenvalue weighted by Crippen LogP contribution is -2.32. The zero-order valence-electron chi connectivity index (χ0n) is 11.6. The van der Waals surface area contributed by atoms with Crippen LogP contribution in [0.2, 0.25) is 0 Å². The van der Waals surface area contributed by atoms with Crippen LogP contribution in [0.15, 0.2) is 11.6 Å². The lowest BCUT2D eigenvalue weighted by atomic mass is 9.91. The van der Waals surface area contributed by atoms with Crippen LogP contribution in [0.25, 0.3) is 0 Å². The number of rotatable bonds is 9. The standard InChI is InChI=1S/C15H29NO/c1-3-12-16-15(11-8-13-17-4-2)14-9-6-5-7-10-14/h9,15-16H,3-8,10-13H2,1-2H3. The normalized spacial score (nSPS) is 17.9. The average molecular weight is 239 g/mol. The van der Waals surface area contributed by atoms with Crippen molar-refractivity contribution in [3.8, 4) is 0 Å². The van der Waals surface area contributed by atoms with E-state index in [-0.39, 0.29) is 0 Å². The topological polar surface area (TPSA) is 21.3 Å². The average Bonchev–Trinajstić information content (AvgIpc) is 2.39. The predicted molar refractivity (Wildman–Crippen MR) is 74.4 cm³/mol. The molecule has 2 nitrogen and oxygen atoms in total. The van der Waals surface area contributed by atoms with Crippen molar-refractivity contribution >= 4 is 0 Å². The van der Waals surface area contributed by atoms with Gasteiger partial charge in [0.05, 0.1) is 0 Å². The van der Waals surface area contributed by atoms with E-state index in [4.69, 9.17) is 4.74 Å². The molecule has 0 aliphatic heterocycles. The Hall–Kier alpha value is -0.340. The zero-order chi connectivity index (χ0) is 12.3. The third-order valence-corrected chi connectivity index (χ3v) is 3.40. The molecule has 0 saturated heterocycles. The van der Waals surface area contributed by atoms with Crippen molar-refractivity contribution in [2.24, 2.45) is 0 Å². The minimum atomic E-state index is 0.607. The Morgan fingerprint density at radius 1 is 1.35 bits per heavy atom. The van der Waals surface area contributed by atoms with Crippen LogP contribution in [-0.2, 0) is 4.74 Å². The summed E-state index contributed by atoms with van der Waals surface area (Å²) in [6, 6.07) is 0.607. The van der Waals surface area contributed by atoms with Gasteiger partial charge in [-0.2, -0.15) is 0 Å². The van der Waals surface area contributed by atoms with E-state index in [1.807, 2.05) is 0 Å². The van der Waals surface area contributed by atoms with Gasteiger partial charge in [0, 0.05) is 19.3 Å². The Labute approximate surface area is 107 Å². The van der Waals surface area contributed by atoms with Crippen LogP contribution in [-0.4, -0.2) is 25.8 Å². The molecule has 0 aromatic heterocycles. The van der Waals surface area contributed by atoms with Crippen LogP contribution in [0.1, 0.15) is 58.8 Å². The smallest absolute Gasteiger partial charge is 0.0466 e. The fraction of sp³-hybridized carbons (Fsp3) is 0.867. The van der Waals surface area contributed by atoms with Crippen molar-refractivity contribution < 1.29 is 4.74 Å². The second-order valence-corrected chi connectivity index (χ2v) is 4.87. The summed E-state index contributed by atoms with van der Waals surface area (Å²) in [6.45, 7) is 7.19. The van der Waals surface area contributed by atoms with Gasteiger partial charge in [0.2, 0.25) is 0 Å². The summed E-state index contributed by atoms with van der Waals surface area (Å²) in [5.41, 5.74) is 1.65. The molecule has 0 bridgehead atoms. The van der Waals surface area contributed by atoms with Crippen LogP contribution in [0, 0.1) is 0 Å². The molecule has 100 valence electrons. The molecule has 0 aromatic rings. The van der Waals surface area contributed by atoms with Gasteiger partial charge in [0.25, 0.3) is 0 Å². The van der Waals surface area contributed by atoms with Crippen LogP contribution >= 0.6 is 0 Å². The number of allylic oxidation sites excluding steroid dienone is 1. The summed E-state index contributed by atoms with van der Waals surface area (Å²) in [4.78, 5) is 0. The van der Waals surface area contributed by atoms with E-state index in [9.17, 15) is 0 Å². The van der Waals surface area contributed by atoms with E-state index in [1.165, 1.54) is 44.9 Å². The van der Waals surface area contributed by atoms with Gasteiger partial charge < -0.3 is 10.1 Å². The maximum absolute atomic E-state index is 5.43. The molecule has 1 aliphatic rings. The molecule has 1 rings (SSSR count). The second kappa shape index (κ2) is 9.67. The van der Waals surface area contributed by atoms with Gasteiger partial charge >= 0.3 is 0 Å². The Morgan fingerprint density at radius 2 is 2.24 bits per heavy atom. The van der Waals surface area contributed by atoms with Crippen LogP contribution in [0.5, 0.6) is 0 Å². The molecule has 1 aliphatic carbocycles. The highest BCUT2D eigenvalue weighted by Gasteiger charge is 2.14. The van der Waals surface area contributed by atoms with Gasteiger partial charge in [0.1, 0.15) is 0 Å². The molecule has 1 atom stereocenters. The molecule has 0 radical (unpaired) electrons. The quantitative estimate of drug-likeness (QED) is 0.489. The number of hydrogen-bond donors (Lipinski definition) is 1. The summed E-state index contributed by atoms with van der Waals surface area (Å²) in [6.07, 6.45) is 11.4. The molecule has 0 fully saturated rings. The number of hydrogen-bond acceptors (Lipinski definition) is 2. The van der Waals surface area contributed by atoms with Gasteiger partial charge in [-0.25, -0.2) is 0 Å². The molecule has 0 amide bonds. The molecule has 0 saturated carbocycles. The first-order chi connectivity index (χ1) is 8.38. The maximum atomic E-state index is 5.43. The highest BCUT2D eigenvalue weighted by molar-refractivity contribution is 5.13. The van der Waals surface area contributed by atoms with E-state index in [2.05, 4.69) is 25.2 Å². The Morgan fingerprint density at radius 3 is 2.88 bits per heavy atom. The Kier molecular flexibility index (Phi) is 8.37. The molecular weight excluding hydrogens is 210 g/mol. The van der Waals surface area contributed by atoms with E-state index < -0.39 is 0 Å². The second-order valence-electron chi connectivity index (χ2n) is 4.87. The molecule has 0 aromatic carbocycles. The van der Waals surface area contributed by atoms with Gasteiger partial charge in [-0.3, -0.25) is 0 Å². The number of ether oxygens (including phenoxy) is 1. The highest BCUT2D eigenvalue weighted by atomic mass is 16.5. The summed E-state index contributed by atoms with van der Waals surface area (Å²) in [5.74, 6) is 0. The van der Waals surface area contributed by atoms with Crippen molar-refractivity contribution in [3.05, 3.63) is 11.6 Å². The van der Waals surface area contributed by atoms with Crippen molar-refractivity contribution in [1.29, 1.82) is 0 Å². The van der Waals surface area contributed by atoms with E-state index in [0.29, 0.717) is 6.04 Å². The summed E-state index contributed by atoms with van der Waals surface area (Å²) >= 11 is 0. The lowest BCUT2D eigenvalue weighted by Gasteiger charge is -2.24. The Balaban J connectivity index is 2.33. The summed E-state index contributed by atoms with van der Waals surface area (Å²) < 4.78 is 5.43.